The topological polar surface area (TPSA) is 90.7 Å². The number of fused-ring (bicyclic) bond motifs is 2. The number of aryl methyl sites for hydroxylation is 1. The Kier molecular flexibility index (Phi) is 6.76. The maximum absolute atomic E-state index is 13.3. The van der Waals surface area contributed by atoms with Crippen LogP contribution in [-0.4, -0.2) is 75.6 Å². The fourth-order valence-corrected chi connectivity index (χ4v) is 8.22. The molecule has 2 fully saturated rings. The Morgan fingerprint density at radius 1 is 1.25 bits per heavy atom. The average molecular weight is 514 g/mol. The van der Waals surface area contributed by atoms with Crippen LogP contribution >= 0.6 is 11.3 Å². The van der Waals surface area contributed by atoms with Crippen molar-refractivity contribution in [3.63, 3.8) is 0 Å². The molecule has 5 rings (SSSR count). The maximum Gasteiger partial charge on any atom is 0.274 e. The first-order valence-electron chi connectivity index (χ1n) is 13.2. The Bertz CT molecular complexity index is 1140. The molecule has 8 nitrogen and oxygen atoms in total. The molecule has 1 saturated carbocycles. The van der Waals surface area contributed by atoms with Gasteiger partial charge in [-0.05, 0) is 55.7 Å². The number of amides is 2. The van der Waals surface area contributed by atoms with Crippen LogP contribution in [0, 0.1) is 23.2 Å². The van der Waals surface area contributed by atoms with Gasteiger partial charge in [0.25, 0.3) is 5.91 Å². The standard InChI is InChI=1S/C27H39N5O3S/c1-16(25(35)32-13-11-30(4)12-14-32)18-8-9-27(3)15-20-22(17(2)21(27)23(18)33)28-26(36-20)29-24(34)19-7-6-10-31(19)5/h6-7,10,16-18,21,23,33H,8-9,11-15H2,1-5H3,(H,28,29,34)/t16-,17+,18-,21+,23-,27+/m0/s1. The number of nitrogens with zero attached hydrogens (tertiary/aromatic N) is 4. The molecule has 9 heteroatoms. The average Bonchev–Trinajstić information content (AvgIpc) is 3.44. The van der Waals surface area contributed by atoms with Crippen molar-refractivity contribution in [2.24, 2.45) is 30.2 Å². The molecule has 36 heavy (non-hydrogen) atoms. The summed E-state index contributed by atoms with van der Waals surface area (Å²) in [6, 6.07) is 3.64. The van der Waals surface area contributed by atoms with Gasteiger partial charge in [0.1, 0.15) is 5.69 Å². The van der Waals surface area contributed by atoms with Crippen molar-refractivity contribution in [2.75, 3.05) is 38.5 Å². The lowest BCUT2D eigenvalue weighted by molar-refractivity contribution is -0.146. The molecule has 196 valence electrons. The van der Waals surface area contributed by atoms with E-state index >= 15 is 0 Å². The van der Waals surface area contributed by atoms with E-state index in [1.54, 1.807) is 22.0 Å². The molecule has 2 aromatic rings. The maximum atomic E-state index is 13.3. The van der Waals surface area contributed by atoms with Crippen LogP contribution in [-0.2, 0) is 18.3 Å². The molecule has 3 heterocycles. The highest BCUT2D eigenvalue weighted by molar-refractivity contribution is 7.15. The Morgan fingerprint density at radius 2 is 1.97 bits per heavy atom. The highest BCUT2D eigenvalue weighted by Gasteiger charge is 2.54. The molecular formula is C27H39N5O3S. The molecule has 0 spiro atoms. The second-order valence-electron chi connectivity index (χ2n) is 11.5. The summed E-state index contributed by atoms with van der Waals surface area (Å²) in [7, 11) is 3.94. The second kappa shape index (κ2) is 9.58. The zero-order valence-electron chi connectivity index (χ0n) is 22.0. The van der Waals surface area contributed by atoms with E-state index in [2.05, 4.69) is 31.1 Å². The minimum absolute atomic E-state index is 0.0324. The number of carbonyl (C=O) groups excluding carboxylic acids is 2. The first-order chi connectivity index (χ1) is 17.1. The monoisotopic (exact) mass is 513 g/mol. The summed E-state index contributed by atoms with van der Waals surface area (Å²) in [6.07, 6.45) is 3.98. The largest absolute Gasteiger partial charge is 0.392 e. The van der Waals surface area contributed by atoms with Gasteiger partial charge in [-0.1, -0.05) is 20.8 Å². The van der Waals surface area contributed by atoms with Crippen molar-refractivity contribution in [2.45, 2.75) is 52.1 Å². The number of anilines is 1. The predicted molar refractivity (Wildman–Crippen MR) is 141 cm³/mol. The third kappa shape index (κ3) is 4.39. The predicted octanol–water partition coefficient (Wildman–Crippen LogP) is 3.20. The molecule has 2 N–H and O–H groups in total. The van der Waals surface area contributed by atoms with E-state index in [0.29, 0.717) is 10.8 Å². The number of aliphatic hydroxyl groups is 1. The molecule has 0 radical (unpaired) electrons. The number of piperazine rings is 1. The van der Waals surface area contributed by atoms with E-state index in [9.17, 15) is 14.7 Å². The molecular weight excluding hydrogens is 474 g/mol. The summed E-state index contributed by atoms with van der Waals surface area (Å²) >= 11 is 1.56. The summed E-state index contributed by atoms with van der Waals surface area (Å²) in [5, 5.41) is 15.3. The molecule has 1 aliphatic heterocycles. The Balaban J connectivity index is 1.33. The Morgan fingerprint density at radius 3 is 2.64 bits per heavy atom. The van der Waals surface area contributed by atoms with Crippen LogP contribution in [0.1, 0.15) is 60.6 Å². The van der Waals surface area contributed by atoms with Crippen LogP contribution < -0.4 is 5.32 Å². The number of likely N-dealkylation sites (N-methyl/N-ethyl adjacent to an activating group) is 1. The third-order valence-electron chi connectivity index (χ3n) is 9.17. The normalized spacial score (nSPS) is 31.4. The first-order valence-corrected chi connectivity index (χ1v) is 14.0. The van der Waals surface area contributed by atoms with Gasteiger partial charge in [-0.2, -0.15) is 0 Å². The molecule has 2 aromatic heterocycles. The smallest absolute Gasteiger partial charge is 0.274 e. The highest BCUT2D eigenvalue weighted by atomic mass is 32.1. The lowest BCUT2D eigenvalue weighted by atomic mass is 9.53. The summed E-state index contributed by atoms with van der Waals surface area (Å²) < 4.78 is 1.79. The van der Waals surface area contributed by atoms with Gasteiger partial charge < -0.3 is 19.5 Å². The van der Waals surface area contributed by atoms with E-state index in [0.717, 1.165) is 51.1 Å². The zero-order valence-corrected chi connectivity index (χ0v) is 22.8. The number of carbonyl (C=O) groups is 2. The quantitative estimate of drug-likeness (QED) is 0.655. The molecule has 0 aromatic carbocycles. The van der Waals surface area contributed by atoms with E-state index in [4.69, 9.17) is 4.98 Å². The number of thiazole rings is 1. The van der Waals surface area contributed by atoms with Crippen molar-refractivity contribution >= 4 is 28.3 Å². The summed E-state index contributed by atoms with van der Waals surface area (Å²) in [4.78, 5) is 36.4. The van der Waals surface area contributed by atoms with Crippen molar-refractivity contribution in [3.8, 4) is 0 Å². The molecule has 2 amide bonds. The molecule has 0 bridgehead atoms. The van der Waals surface area contributed by atoms with Crippen LogP contribution in [0.4, 0.5) is 5.13 Å². The summed E-state index contributed by atoms with van der Waals surface area (Å²) in [5.74, 6) is -0.142. The molecule has 3 aliphatic rings. The second-order valence-corrected chi connectivity index (χ2v) is 12.6. The van der Waals surface area contributed by atoms with Crippen LogP contribution in [0.15, 0.2) is 18.3 Å². The number of hydrogen-bond acceptors (Lipinski definition) is 6. The minimum Gasteiger partial charge on any atom is -0.392 e. The van der Waals surface area contributed by atoms with Crippen molar-refractivity contribution in [1.82, 2.24) is 19.4 Å². The zero-order chi connectivity index (χ0) is 25.8. The molecule has 6 atom stereocenters. The third-order valence-corrected chi connectivity index (χ3v) is 10.2. The van der Waals surface area contributed by atoms with Crippen molar-refractivity contribution in [3.05, 3.63) is 34.6 Å². The Labute approximate surface area is 217 Å². The van der Waals surface area contributed by atoms with E-state index < -0.39 is 6.10 Å². The number of hydrogen-bond donors (Lipinski definition) is 2. The van der Waals surface area contributed by atoms with Gasteiger partial charge in [-0.15, -0.1) is 11.3 Å². The fourth-order valence-electron chi connectivity index (χ4n) is 6.96. The van der Waals surface area contributed by atoms with E-state index in [1.165, 1.54) is 4.88 Å². The van der Waals surface area contributed by atoms with Crippen molar-refractivity contribution < 1.29 is 14.7 Å². The Hall–Kier alpha value is -2.23. The summed E-state index contributed by atoms with van der Waals surface area (Å²) in [5.41, 5.74) is 1.53. The van der Waals surface area contributed by atoms with Gasteiger partial charge >= 0.3 is 0 Å². The van der Waals surface area contributed by atoms with E-state index in [-0.39, 0.29) is 40.9 Å². The summed E-state index contributed by atoms with van der Waals surface area (Å²) in [6.45, 7) is 9.78. The number of aliphatic hydroxyl groups excluding tert-OH is 1. The van der Waals surface area contributed by atoms with Crippen LogP contribution in [0.25, 0.3) is 0 Å². The van der Waals surface area contributed by atoms with Crippen LogP contribution in [0.2, 0.25) is 0 Å². The molecule has 2 aliphatic carbocycles. The first kappa shape index (κ1) is 25.4. The highest BCUT2D eigenvalue weighted by Crippen LogP contribution is 2.57. The van der Waals surface area contributed by atoms with Gasteiger partial charge in [0.2, 0.25) is 5.91 Å². The number of nitrogens with one attached hydrogen (secondary N) is 1. The molecule has 1 saturated heterocycles. The van der Waals surface area contributed by atoms with Crippen LogP contribution in [0.3, 0.4) is 0 Å². The van der Waals surface area contributed by atoms with E-state index in [1.807, 2.05) is 31.1 Å². The van der Waals surface area contributed by atoms with Gasteiger partial charge in [-0.25, -0.2) is 4.98 Å². The fraction of sp³-hybridized carbons (Fsp3) is 0.667. The lowest BCUT2D eigenvalue weighted by Gasteiger charge is -2.53. The van der Waals surface area contributed by atoms with Gasteiger partial charge in [0.15, 0.2) is 5.13 Å². The van der Waals surface area contributed by atoms with Gasteiger partial charge in [0, 0.05) is 56.1 Å². The van der Waals surface area contributed by atoms with Gasteiger partial charge in [0.05, 0.1) is 11.8 Å². The number of rotatable bonds is 4. The van der Waals surface area contributed by atoms with Gasteiger partial charge in [-0.3, -0.25) is 14.9 Å². The van der Waals surface area contributed by atoms with Crippen molar-refractivity contribution in [1.29, 1.82) is 0 Å². The minimum atomic E-state index is -0.554. The molecule has 0 unspecified atom stereocenters. The van der Waals surface area contributed by atoms with Crippen LogP contribution in [0.5, 0.6) is 0 Å². The number of aromatic nitrogens is 2. The SMILES string of the molecule is C[C@H](C(=O)N1CCN(C)CC1)[C@@H]1CC[C@]2(C)Cc3sc(NC(=O)c4cccn4C)nc3[C@H](C)[C@@H]2[C@H]1O. The lowest BCUT2D eigenvalue weighted by Crippen LogP contribution is -2.55.